The first-order valence-electron chi connectivity index (χ1n) is 22.3. The van der Waals surface area contributed by atoms with E-state index in [9.17, 15) is 0 Å². The average Bonchev–Trinajstić information content (AvgIpc) is 3.78. The van der Waals surface area contributed by atoms with Gasteiger partial charge >= 0.3 is 0 Å². The highest BCUT2D eigenvalue weighted by Crippen LogP contribution is 2.39. The van der Waals surface area contributed by atoms with Gasteiger partial charge < -0.3 is 4.74 Å². The van der Waals surface area contributed by atoms with E-state index in [0.717, 1.165) is 56.0 Å². The number of imidazole rings is 1. The third-order valence-corrected chi connectivity index (χ3v) is 12.4. The van der Waals surface area contributed by atoms with Crippen LogP contribution >= 0.6 is 0 Å². The summed E-state index contributed by atoms with van der Waals surface area (Å²) in [5.74, 6) is 2.38. The van der Waals surface area contributed by atoms with Gasteiger partial charge in [-0.3, -0.25) is 13.7 Å². The zero-order chi connectivity index (χ0) is 44.6. The van der Waals surface area contributed by atoms with E-state index in [4.69, 9.17) is 9.72 Å². The quantitative estimate of drug-likeness (QED) is 0.124. The van der Waals surface area contributed by atoms with Gasteiger partial charge in [0, 0.05) is 23.0 Å². The van der Waals surface area contributed by atoms with Gasteiger partial charge in [-0.1, -0.05) is 162 Å². The zero-order valence-corrected chi connectivity index (χ0v) is 39.1. The third kappa shape index (κ3) is 7.84. The zero-order valence-electron chi connectivity index (χ0n) is 39.1. The lowest BCUT2D eigenvalue weighted by Gasteiger charge is -2.30. The Labute approximate surface area is 373 Å². The van der Waals surface area contributed by atoms with E-state index in [0.29, 0.717) is 0 Å². The van der Waals surface area contributed by atoms with Gasteiger partial charge in [-0.25, -0.2) is 4.98 Å². The number of hydrogen-bond acceptors (Lipinski definition) is 2. The van der Waals surface area contributed by atoms with Crippen LogP contribution in [0.5, 0.6) is 11.5 Å². The van der Waals surface area contributed by atoms with Gasteiger partial charge in [-0.05, 0) is 110 Å². The van der Waals surface area contributed by atoms with Crippen LogP contribution in [0.15, 0.2) is 146 Å². The molecule has 3 heterocycles. The lowest BCUT2D eigenvalue weighted by atomic mass is 9.78. The molecule has 5 nitrogen and oxygen atoms in total. The molecule has 0 radical (unpaired) electrons. The first kappa shape index (κ1) is 41.9. The normalized spacial score (nSPS) is 12.8. The van der Waals surface area contributed by atoms with Gasteiger partial charge in [0.1, 0.15) is 17.3 Å². The van der Waals surface area contributed by atoms with E-state index in [1.807, 2.05) is 12.3 Å². The highest BCUT2D eigenvalue weighted by molar-refractivity contribution is 6.09. The number of benzene rings is 6. The molecule has 318 valence electrons. The van der Waals surface area contributed by atoms with Gasteiger partial charge in [0.15, 0.2) is 0 Å². The Morgan fingerprint density at radius 3 is 1.81 bits per heavy atom. The summed E-state index contributed by atoms with van der Waals surface area (Å²) in [5, 5.41) is 2.33. The van der Waals surface area contributed by atoms with Crippen LogP contribution in [0.4, 0.5) is 0 Å². The molecule has 0 spiro atoms. The number of rotatable bonds is 6. The van der Waals surface area contributed by atoms with E-state index in [-0.39, 0.29) is 21.7 Å². The molecule has 0 bridgehead atoms. The Morgan fingerprint density at radius 1 is 0.492 bits per heavy atom. The van der Waals surface area contributed by atoms with Crippen LogP contribution < -0.4 is 9.30 Å². The standard InChI is InChI=1S/C58H60N4O/c1-55(2,3)40-26-23-38(24-27-40)39-25-30-50-52(33-39)60(37-61(50)54-47(57(7,8)9)20-16-21-48(54)58(10,11)12)42-17-15-18-43(35-42)63-44-28-29-46-45-19-13-14-22-49(45)62(51(46)36-44)53-34-41(31-32-59-53)56(4,5)6/h13-36H,1-12H3. The maximum absolute atomic E-state index is 6.81. The number of ether oxygens (including phenoxy) is 1. The van der Waals surface area contributed by atoms with Crippen LogP contribution in [0.3, 0.4) is 0 Å². The van der Waals surface area contributed by atoms with Crippen molar-refractivity contribution >= 4 is 32.8 Å². The number of aromatic nitrogens is 4. The predicted molar refractivity (Wildman–Crippen MR) is 263 cm³/mol. The van der Waals surface area contributed by atoms with Gasteiger partial charge in [0.25, 0.3) is 6.33 Å². The molecule has 0 atom stereocenters. The molecular formula is C58H60N4O. The molecule has 0 saturated heterocycles. The maximum Gasteiger partial charge on any atom is 0.269 e. The fourth-order valence-electron chi connectivity index (χ4n) is 8.89. The minimum atomic E-state index is -0.105. The van der Waals surface area contributed by atoms with Gasteiger partial charge in [-0.15, -0.1) is 0 Å². The van der Waals surface area contributed by atoms with Crippen molar-refractivity contribution in [3.63, 3.8) is 0 Å². The maximum atomic E-state index is 6.81. The van der Waals surface area contributed by atoms with Crippen LogP contribution in [0.1, 0.15) is 105 Å². The molecule has 0 saturated carbocycles. The SMILES string of the molecule is CC(C)(C)c1ccc(-c2ccc3c(c2)n(-c2cccc(Oc4ccc5c6ccccc6n(-c6cc(C(C)(C)C)ccn6)c5c4)c2)[c-][n+]3-c2c(C(C)(C)C)cccc2C(C)(C)C)cc1. The van der Waals surface area contributed by atoms with E-state index >= 15 is 0 Å². The van der Waals surface area contributed by atoms with Crippen molar-refractivity contribution in [3.05, 3.63) is 174 Å². The summed E-state index contributed by atoms with van der Waals surface area (Å²) >= 11 is 0. The van der Waals surface area contributed by atoms with Gasteiger partial charge in [-0.2, -0.15) is 0 Å². The smallest absolute Gasteiger partial charge is 0.269 e. The van der Waals surface area contributed by atoms with Crippen LogP contribution in [-0.2, 0) is 21.7 Å². The van der Waals surface area contributed by atoms with Crippen LogP contribution in [-0.4, -0.2) is 14.1 Å². The van der Waals surface area contributed by atoms with Crippen molar-refractivity contribution in [1.29, 1.82) is 0 Å². The molecule has 63 heavy (non-hydrogen) atoms. The molecule has 0 fully saturated rings. The highest BCUT2D eigenvalue weighted by Gasteiger charge is 2.29. The third-order valence-electron chi connectivity index (χ3n) is 12.4. The summed E-state index contributed by atoms with van der Waals surface area (Å²) in [4.78, 5) is 4.89. The van der Waals surface area contributed by atoms with Crippen molar-refractivity contribution in [2.75, 3.05) is 0 Å². The molecule has 5 heteroatoms. The molecule has 3 aromatic heterocycles. The Balaban J connectivity index is 1.19. The predicted octanol–water partition coefficient (Wildman–Crippen LogP) is 14.8. The van der Waals surface area contributed by atoms with Gasteiger partial charge in [0.05, 0.1) is 33.4 Å². The number of pyridine rings is 1. The lowest BCUT2D eigenvalue weighted by Crippen LogP contribution is -2.37. The second-order valence-corrected chi connectivity index (χ2v) is 21.3. The summed E-state index contributed by atoms with van der Waals surface area (Å²) in [7, 11) is 0. The monoisotopic (exact) mass is 828 g/mol. The summed E-state index contributed by atoms with van der Waals surface area (Å²) in [6.07, 6.45) is 5.82. The molecule has 0 amide bonds. The number of nitrogens with zero attached hydrogens (tertiary/aromatic N) is 4. The van der Waals surface area contributed by atoms with Crippen molar-refractivity contribution in [1.82, 2.24) is 14.1 Å². The van der Waals surface area contributed by atoms with Crippen molar-refractivity contribution in [2.24, 2.45) is 0 Å². The molecule has 9 rings (SSSR count). The summed E-state index contributed by atoms with van der Waals surface area (Å²) < 4.78 is 13.6. The molecule has 0 aliphatic rings. The highest BCUT2D eigenvalue weighted by atomic mass is 16.5. The minimum Gasteiger partial charge on any atom is -0.458 e. The molecule has 9 aromatic rings. The fourth-order valence-corrected chi connectivity index (χ4v) is 8.89. The van der Waals surface area contributed by atoms with Crippen LogP contribution in [0, 0.1) is 6.33 Å². The Kier molecular flexibility index (Phi) is 10.0. The number of para-hydroxylation sites is 2. The molecular weight excluding hydrogens is 769 g/mol. The topological polar surface area (TPSA) is 35.9 Å². The van der Waals surface area contributed by atoms with Crippen molar-refractivity contribution < 1.29 is 9.30 Å². The van der Waals surface area contributed by atoms with Crippen LogP contribution in [0.25, 0.3) is 61.2 Å². The lowest BCUT2D eigenvalue weighted by molar-refractivity contribution is -0.574. The van der Waals surface area contributed by atoms with E-state index < -0.39 is 0 Å². The first-order chi connectivity index (χ1) is 29.8. The second kappa shape index (κ2) is 15.1. The van der Waals surface area contributed by atoms with Gasteiger partial charge in [0.2, 0.25) is 0 Å². The van der Waals surface area contributed by atoms with Crippen molar-refractivity contribution in [3.8, 4) is 39.8 Å². The Hall–Kier alpha value is -6.46. The number of hydrogen-bond donors (Lipinski definition) is 0. The van der Waals surface area contributed by atoms with E-state index in [1.54, 1.807) is 0 Å². The second-order valence-electron chi connectivity index (χ2n) is 21.3. The molecule has 6 aromatic carbocycles. The molecule has 0 aliphatic carbocycles. The molecule has 0 N–H and O–H groups in total. The number of fused-ring (bicyclic) bond motifs is 4. The van der Waals surface area contributed by atoms with Crippen LogP contribution in [0.2, 0.25) is 0 Å². The molecule has 0 aliphatic heterocycles. The fraction of sp³-hybridized carbons (Fsp3) is 0.276. The molecule has 0 unspecified atom stereocenters. The summed E-state index contributed by atoms with van der Waals surface area (Å²) in [6, 6.07) is 50.3. The van der Waals surface area contributed by atoms with Crippen molar-refractivity contribution in [2.45, 2.75) is 105 Å². The first-order valence-corrected chi connectivity index (χ1v) is 22.3. The largest absolute Gasteiger partial charge is 0.458 e. The average molecular weight is 829 g/mol. The summed E-state index contributed by atoms with van der Waals surface area (Å²) in [5.41, 5.74) is 13.7. The summed E-state index contributed by atoms with van der Waals surface area (Å²) in [6.45, 7) is 27.3. The Bertz CT molecular complexity index is 3140. The van der Waals surface area contributed by atoms with E-state index in [2.05, 4.69) is 237 Å². The Morgan fingerprint density at radius 2 is 1.13 bits per heavy atom. The van der Waals surface area contributed by atoms with E-state index in [1.165, 1.54) is 38.9 Å². The minimum absolute atomic E-state index is 0.0123.